The Morgan fingerprint density at radius 1 is 1.06 bits per heavy atom. The van der Waals surface area contributed by atoms with Crippen molar-refractivity contribution in [2.75, 3.05) is 13.1 Å². The van der Waals surface area contributed by atoms with Crippen LogP contribution in [0.25, 0.3) is 21.9 Å². The quantitative estimate of drug-likeness (QED) is 0.435. The normalized spacial score (nSPS) is 19.5. The van der Waals surface area contributed by atoms with Gasteiger partial charge in [-0.15, -0.1) is 0 Å². The summed E-state index contributed by atoms with van der Waals surface area (Å²) in [5, 5.41) is 1.86. The molecule has 1 aromatic carbocycles. The molecule has 1 fully saturated rings. The Balaban J connectivity index is 1.24. The van der Waals surface area contributed by atoms with Gasteiger partial charge >= 0.3 is 5.63 Å². The Morgan fingerprint density at radius 2 is 1.91 bits per heavy atom. The number of pyridine rings is 1. The lowest BCUT2D eigenvalue weighted by Gasteiger charge is -2.42. The van der Waals surface area contributed by atoms with Gasteiger partial charge in [-0.25, -0.2) is 4.79 Å². The average molecular weight is 459 g/mol. The SMILES string of the molecule is Cc1coc2cc3oc(=O)c(CCC(=O)N4C[C@@H]5C[C@@H](C4)c4cccc(=O)n4C5)c(C)c3cc12. The first-order chi connectivity index (χ1) is 16.4. The monoisotopic (exact) mass is 458 g/mol. The zero-order valence-corrected chi connectivity index (χ0v) is 19.3. The number of hydrogen-bond donors (Lipinski definition) is 0. The van der Waals surface area contributed by atoms with E-state index in [2.05, 4.69) is 0 Å². The van der Waals surface area contributed by atoms with Gasteiger partial charge < -0.3 is 18.3 Å². The minimum Gasteiger partial charge on any atom is -0.464 e. The molecule has 0 radical (unpaired) electrons. The van der Waals surface area contributed by atoms with Crippen LogP contribution in [-0.4, -0.2) is 28.5 Å². The minimum absolute atomic E-state index is 0.0355. The van der Waals surface area contributed by atoms with Gasteiger partial charge in [0, 0.05) is 66.1 Å². The molecule has 0 aliphatic carbocycles. The van der Waals surface area contributed by atoms with Gasteiger partial charge in [-0.05, 0) is 55.9 Å². The van der Waals surface area contributed by atoms with E-state index in [0.29, 0.717) is 42.8 Å². The zero-order chi connectivity index (χ0) is 23.6. The third kappa shape index (κ3) is 3.30. The fourth-order valence-corrected chi connectivity index (χ4v) is 5.82. The van der Waals surface area contributed by atoms with Crippen molar-refractivity contribution in [1.29, 1.82) is 0 Å². The smallest absolute Gasteiger partial charge is 0.339 e. The number of fused-ring (bicyclic) bond motifs is 6. The highest BCUT2D eigenvalue weighted by Gasteiger charge is 2.36. The summed E-state index contributed by atoms with van der Waals surface area (Å²) in [4.78, 5) is 40.1. The second-order valence-electron chi connectivity index (χ2n) is 9.75. The fourth-order valence-electron chi connectivity index (χ4n) is 5.82. The molecule has 5 heterocycles. The molecule has 0 unspecified atom stereocenters. The molecule has 0 N–H and O–H groups in total. The molecule has 1 saturated heterocycles. The summed E-state index contributed by atoms with van der Waals surface area (Å²) in [6.07, 6.45) is 3.29. The summed E-state index contributed by atoms with van der Waals surface area (Å²) in [6, 6.07) is 9.16. The molecule has 2 atom stereocenters. The summed E-state index contributed by atoms with van der Waals surface area (Å²) in [7, 11) is 0. The number of hydrogen-bond acceptors (Lipinski definition) is 5. The number of carbonyl (C=O) groups is 1. The van der Waals surface area contributed by atoms with Crippen molar-refractivity contribution in [3.05, 3.63) is 79.8 Å². The van der Waals surface area contributed by atoms with Crippen molar-refractivity contribution in [2.24, 2.45) is 5.92 Å². The van der Waals surface area contributed by atoms with Crippen LogP contribution >= 0.6 is 0 Å². The lowest BCUT2D eigenvalue weighted by atomic mass is 9.83. The highest BCUT2D eigenvalue weighted by atomic mass is 16.4. The van der Waals surface area contributed by atoms with Crippen molar-refractivity contribution >= 4 is 27.8 Å². The zero-order valence-electron chi connectivity index (χ0n) is 19.3. The minimum atomic E-state index is -0.399. The van der Waals surface area contributed by atoms with Crippen molar-refractivity contribution in [2.45, 2.75) is 45.6 Å². The van der Waals surface area contributed by atoms with Crippen LogP contribution in [0.1, 0.15) is 41.1 Å². The van der Waals surface area contributed by atoms with E-state index < -0.39 is 5.63 Å². The first-order valence-electron chi connectivity index (χ1n) is 11.8. The van der Waals surface area contributed by atoms with Gasteiger partial charge in [0.1, 0.15) is 11.2 Å². The number of rotatable bonds is 3. The van der Waals surface area contributed by atoms with Gasteiger partial charge in [-0.3, -0.25) is 9.59 Å². The Hall–Kier alpha value is -3.61. The molecule has 3 aromatic heterocycles. The summed E-state index contributed by atoms with van der Waals surface area (Å²) < 4.78 is 13.0. The van der Waals surface area contributed by atoms with Crippen LogP contribution in [0.15, 0.2) is 55.0 Å². The molecule has 2 aliphatic rings. The highest BCUT2D eigenvalue weighted by Crippen LogP contribution is 2.35. The molecule has 34 heavy (non-hydrogen) atoms. The predicted octanol–water partition coefficient (Wildman–Crippen LogP) is 3.90. The maximum atomic E-state index is 13.2. The van der Waals surface area contributed by atoms with E-state index in [4.69, 9.17) is 8.83 Å². The van der Waals surface area contributed by atoms with E-state index in [1.54, 1.807) is 24.5 Å². The Labute approximate surface area is 195 Å². The number of furan rings is 1. The number of carbonyl (C=O) groups excluding carboxylic acids is 1. The molecule has 6 rings (SSSR count). The molecule has 7 nitrogen and oxygen atoms in total. The molecule has 2 bridgehead atoms. The van der Waals surface area contributed by atoms with Crippen LogP contribution in [0.5, 0.6) is 0 Å². The van der Waals surface area contributed by atoms with Gasteiger partial charge in [0.15, 0.2) is 0 Å². The molecule has 174 valence electrons. The summed E-state index contributed by atoms with van der Waals surface area (Å²) in [6.45, 7) is 5.82. The van der Waals surface area contributed by atoms with Gasteiger partial charge in [0.2, 0.25) is 5.91 Å². The van der Waals surface area contributed by atoms with E-state index in [9.17, 15) is 14.4 Å². The summed E-state index contributed by atoms with van der Waals surface area (Å²) in [5.41, 5.74) is 4.28. The fraction of sp³-hybridized carbons (Fsp3) is 0.370. The number of likely N-dealkylation sites (tertiary alicyclic amines) is 1. The van der Waals surface area contributed by atoms with Crippen LogP contribution < -0.4 is 11.2 Å². The molecular formula is C27H26N2O5. The number of amides is 1. The number of benzene rings is 1. The predicted molar refractivity (Wildman–Crippen MR) is 128 cm³/mol. The van der Waals surface area contributed by atoms with Gasteiger partial charge in [0.05, 0.1) is 6.26 Å². The third-order valence-electron chi connectivity index (χ3n) is 7.60. The molecule has 2 aliphatic heterocycles. The van der Waals surface area contributed by atoms with Crippen LogP contribution in [0.4, 0.5) is 0 Å². The Morgan fingerprint density at radius 3 is 2.76 bits per heavy atom. The molecule has 1 amide bonds. The number of aromatic nitrogens is 1. The molecule has 0 saturated carbocycles. The van der Waals surface area contributed by atoms with Gasteiger partial charge in [-0.2, -0.15) is 0 Å². The molecular weight excluding hydrogens is 432 g/mol. The Kier molecular flexibility index (Phi) is 4.76. The second kappa shape index (κ2) is 7.72. The van der Waals surface area contributed by atoms with Crippen LogP contribution in [0, 0.1) is 19.8 Å². The van der Waals surface area contributed by atoms with E-state index in [0.717, 1.165) is 34.0 Å². The number of piperidine rings is 1. The lowest BCUT2D eigenvalue weighted by Crippen LogP contribution is -2.49. The molecule has 0 spiro atoms. The lowest BCUT2D eigenvalue weighted by molar-refractivity contribution is -0.133. The first-order valence-corrected chi connectivity index (χ1v) is 11.8. The first kappa shape index (κ1) is 21.0. The van der Waals surface area contributed by atoms with Crippen molar-refractivity contribution < 1.29 is 13.6 Å². The van der Waals surface area contributed by atoms with Crippen molar-refractivity contribution in [3.63, 3.8) is 0 Å². The summed E-state index contributed by atoms with van der Waals surface area (Å²) in [5.74, 6) is 0.503. The maximum absolute atomic E-state index is 13.2. The summed E-state index contributed by atoms with van der Waals surface area (Å²) >= 11 is 0. The van der Waals surface area contributed by atoms with E-state index >= 15 is 0 Å². The van der Waals surface area contributed by atoms with Crippen molar-refractivity contribution in [3.8, 4) is 0 Å². The maximum Gasteiger partial charge on any atom is 0.339 e. The largest absolute Gasteiger partial charge is 0.464 e. The number of nitrogens with zero attached hydrogens (tertiary/aromatic N) is 2. The average Bonchev–Trinajstić information content (AvgIpc) is 3.18. The van der Waals surface area contributed by atoms with Crippen LogP contribution in [0.3, 0.4) is 0 Å². The van der Waals surface area contributed by atoms with E-state index in [1.165, 1.54) is 0 Å². The van der Waals surface area contributed by atoms with Gasteiger partial charge in [0.25, 0.3) is 5.56 Å². The second-order valence-corrected chi connectivity index (χ2v) is 9.75. The molecule has 4 aromatic rings. The van der Waals surface area contributed by atoms with Gasteiger partial charge in [-0.1, -0.05) is 6.07 Å². The van der Waals surface area contributed by atoms with E-state index in [-0.39, 0.29) is 29.7 Å². The standard InChI is InChI=1S/C27H26N2O5/c1-15-14-33-23-10-24-21(9-20(15)23)16(2)19(27(32)34-24)6-7-25(30)28-11-17-8-18(13-28)22-4-3-5-26(31)29(22)12-17/h3-5,9-10,14,17-18H,6-8,11-13H2,1-2H3/t17-,18-/m0/s1. The number of aryl methyl sites for hydroxylation is 2. The van der Waals surface area contributed by atoms with E-state index in [1.807, 2.05) is 35.4 Å². The third-order valence-corrected chi connectivity index (χ3v) is 7.60. The van der Waals surface area contributed by atoms with Crippen molar-refractivity contribution in [1.82, 2.24) is 9.47 Å². The van der Waals surface area contributed by atoms with Crippen LogP contribution in [-0.2, 0) is 17.8 Å². The topological polar surface area (TPSA) is 85.7 Å². The molecule has 7 heteroatoms. The van der Waals surface area contributed by atoms with Crippen LogP contribution in [0.2, 0.25) is 0 Å². The highest BCUT2D eigenvalue weighted by molar-refractivity contribution is 5.96. The Bertz CT molecular complexity index is 1570.